The Morgan fingerprint density at radius 2 is 1.69 bits per heavy atom. The van der Waals surface area contributed by atoms with Crippen LogP contribution in [0.1, 0.15) is 13.8 Å². The summed E-state index contributed by atoms with van der Waals surface area (Å²) in [5.41, 5.74) is 0. The lowest BCUT2D eigenvalue weighted by molar-refractivity contribution is -0.264. The smallest absolute Gasteiger partial charge is 0.366 e. The molecule has 0 aliphatic heterocycles. The second-order valence-corrected chi connectivity index (χ2v) is 1.89. The first-order chi connectivity index (χ1) is 6.20. The van der Waals surface area contributed by atoms with Crippen LogP contribution in [0, 0.1) is 0 Å². The van der Waals surface area contributed by atoms with Crippen molar-refractivity contribution in [3.05, 3.63) is 12.2 Å². The molecule has 0 spiro atoms. The highest BCUT2D eigenvalue weighted by Crippen LogP contribution is 1.86. The van der Waals surface area contributed by atoms with Crippen molar-refractivity contribution in [2.75, 3.05) is 13.2 Å². The van der Waals surface area contributed by atoms with Crippen LogP contribution in [-0.2, 0) is 24.1 Å². The van der Waals surface area contributed by atoms with Crippen molar-refractivity contribution >= 4 is 11.9 Å². The largest absolute Gasteiger partial charge is 0.463 e. The summed E-state index contributed by atoms with van der Waals surface area (Å²) >= 11 is 0. The van der Waals surface area contributed by atoms with Crippen molar-refractivity contribution in [1.29, 1.82) is 0 Å². The van der Waals surface area contributed by atoms with E-state index >= 15 is 0 Å². The molecular weight excluding hydrogens is 176 g/mol. The minimum atomic E-state index is -0.741. The molecule has 0 unspecified atom stereocenters. The Morgan fingerprint density at radius 1 is 1.08 bits per heavy atom. The van der Waals surface area contributed by atoms with E-state index in [9.17, 15) is 9.59 Å². The van der Waals surface area contributed by atoms with E-state index < -0.39 is 11.9 Å². The van der Waals surface area contributed by atoms with E-state index in [0.717, 1.165) is 12.2 Å². The summed E-state index contributed by atoms with van der Waals surface area (Å²) in [7, 11) is 0. The van der Waals surface area contributed by atoms with Crippen LogP contribution in [0.2, 0.25) is 0 Å². The monoisotopic (exact) mass is 188 g/mol. The summed E-state index contributed by atoms with van der Waals surface area (Å²) in [6.45, 7) is 3.87. The summed E-state index contributed by atoms with van der Waals surface area (Å²) in [6.07, 6.45) is 1.92. The summed E-state index contributed by atoms with van der Waals surface area (Å²) < 4.78 is 4.52. The van der Waals surface area contributed by atoms with E-state index in [-0.39, 0.29) is 13.2 Å². The third-order valence-electron chi connectivity index (χ3n) is 0.901. The molecule has 0 saturated carbocycles. The number of ether oxygens (including phenoxy) is 1. The molecule has 0 fully saturated rings. The van der Waals surface area contributed by atoms with Crippen LogP contribution in [-0.4, -0.2) is 25.2 Å². The van der Waals surface area contributed by atoms with Gasteiger partial charge < -0.3 is 4.74 Å². The molecule has 0 saturated heterocycles. The standard InChI is InChI=1S/C8H12O5/c1-3-11-7(9)5-6-8(10)13-12-4-2/h5-6H,3-4H2,1-2H3/b6-5-. The lowest BCUT2D eigenvalue weighted by atomic mass is 10.5. The Morgan fingerprint density at radius 3 is 2.23 bits per heavy atom. The van der Waals surface area contributed by atoms with E-state index in [1.807, 2.05) is 0 Å². The van der Waals surface area contributed by atoms with Crippen LogP contribution in [0.3, 0.4) is 0 Å². The Bertz CT molecular complexity index is 197. The van der Waals surface area contributed by atoms with Crippen LogP contribution in [0.5, 0.6) is 0 Å². The van der Waals surface area contributed by atoms with Crippen molar-refractivity contribution in [1.82, 2.24) is 0 Å². The normalized spacial score (nSPS) is 10.0. The summed E-state index contributed by atoms with van der Waals surface area (Å²) in [5, 5.41) is 0. The molecule has 5 nitrogen and oxygen atoms in total. The number of rotatable bonds is 5. The number of hydrogen-bond donors (Lipinski definition) is 0. The zero-order valence-corrected chi connectivity index (χ0v) is 7.61. The molecule has 0 atom stereocenters. The molecule has 0 aliphatic rings. The molecule has 0 N–H and O–H groups in total. The van der Waals surface area contributed by atoms with Gasteiger partial charge in [0.25, 0.3) is 0 Å². The molecule has 5 heteroatoms. The highest BCUT2D eigenvalue weighted by atomic mass is 17.2. The fraction of sp³-hybridized carbons (Fsp3) is 0.500. The average molecular weight is 188 g/mol. The summed E-state index contributed by atoms with van der Waals surface area (Å²) in [6, 6.07) is 0. The highest BCUT2D eigenvalue weighted by Gasteiger charge is 1.99. The molecule has 0 aromatic heterocycles. The van der Waals surface area contributed by atoms with Crippen LogP contribution in [0.4, 0.5) is 0 Å². The van der Waals surface area contributed by atoms with Crippen molar-refractivity contribution < 1.29 is 24.1 Å². The number of esters is 1. The van der Waals surface area contributed by atoms with Gasteiger partial charge in [0, 0.05) is 12.2 Å². The molecular formula is C8H12O5. The van der Waals surface area contributed by atoms with Crippen molar-refractivity contribution in [3.63, 3.8) is 0 Å². The fourth-order valence-corrected chi connectivity index (χ4v) is 0.471. The van der Waals surface area contributed by atoms with Gasteiger partial charge in [-0.1, -0.05) is 0 Å². The molecule has 0 aliphatic carbocycles. The van der Waals surface area contributed by atoms with Crippen LogP contribution >= 0.6 is 0 Å². The van der Waals surface area contributed by atoms with Gasteiger partial charge >= 0.3 is 11.9 Å². The number of hydrogen-bond acceptors (Lipinski definition) is 5. The minimum Gasteiger partial charge on any atom is -0.463 e. The maximum absolute atomic E-state index is 10.7. The fourth-order valence-electron chi connectivity index (χ4n) is 0.471. The molecule has 0 heterocycles. The lowest BCUT2D eigenvalue weighted by Gasteiger charge is -1.96. The van der Waals surface area contributed by atoms with Gasteiger partial charge in [-0.25, -0.2) is 9.59 Å². The first kappa shape index (κ1) is 11.6. The van der Waals surface area contributed by atoms with Crippen molar-refractivity contribution in [3.8, 4) is 0 Å². The topological polar surface area (TPSA) is 61.8 Å². The third-order valence-corrected chi connectivity index (χ3v) is 0.901. The summed E-state index contributed by atoms with van der Waals surface area (Å²) in [4.78, 5) is 29.9. The van der Waals surface area contributed by atoms with Gasteiger partial charge in [-0.15, -0.1) is 0 Å². The first-order valence-electron chi connectivity index (χ1n) is 3.89. The van der Waals surface area contributed by atoms with E-state index in [4.69, 9.17) is 0 Å². The van der Waals surface area contributed by atoms with Gasteiger partial charge in [-0.3, -0.25) is 4.89 Å². The minimum absolute atomic E-state index is 0.263. The van der Waals surface area contributed by atoms with Crippen molar-refractivity contribution in [2.24, 2.45) is 0 Å². The predicted octanol–water partition coefficient (Wildman–Crippen LogP) is 0.600. The molecule has 0 bridgehead atoms. The van der Waals surface area contributed by atoms with Gasteiger partial charge in [0.15, 0.2) is 0 Å². The zero-order chi connectivity index (χ0) is 10.1. The number of carbonyl (C=O) groups excluding carboxylic acids is 2. The molecule has 0 rings (SSSR count). The van der Waals surface area contributed by atoms with Gasteiger partial charge in [0.1, 0.15) is 0 Å². The van der Waals surface area contributed by atoms with Crippen LogP contribution in [0.15, 0.2) is 12.2 Å². The molecule has 0 radical (unpaired) electrons. The van der Waals surface area contributed by atoms with E-state index in [0.29, 0.717) is 0 Å². The second-order valence-electron chi connectivity index (χ2n) is 1.89. The second kappa shape index (κ2) is 7.30. The molecule has 13 heavy (non-hydrogen) atoms. The maximum atomic E-state index is 10.7. The Labute approximate surface area is 76.2 Å². The summed E-state index contributed by atoms with van der Waals surface area (Å²) in [5.74, 6) is -1.33. The van der Waals surface area contributed by atoms with Gasteiger partial charge in [0.2, 0.25) is 0 Å². The first-order valence-corrected chi connectivity index (χ1v) is 3.89. The molecule has 74 valence electrons. The SMILES string of the molecule is CCOOC(=O)/C=C\C(=O)OCC. The average Bonchev–Trinajstić information content (AvgIpc) is 2.12. The quantitative estimate of drug-likeness (QED) is 0.273. The van der Waals surface area contributed by atoms with Gasteiger partial charge in [0.05, 0.1) is 13.2 Å². The third kappa shape index (κ3) is 7.02. The van der Waals surface area contributed by atoms with Crippen LogP contribution in [0.25, 0.3) is 0 Å². The van der Waals surface area contributed by atoms with E-state index in [1.165, 1.54) is 0 Å². The van der Waals surface area contributed by atoms with Crippen LogP contribution < -0.4 is 0 Å². The highest BCUT2D eigenvalue weighted by molar-refractivity contribution is 5.91. The Kier molecular flexibility index (Phi) is 6.53. The lowest BCUT2D eigenvalue weighted by Crippen LogP contribution is -2.04. The Hall–Kier alpha value is -1.36. The van der Waals surface area contributed by atoms with Crippen molar-refractivity contribution in [2.45, 2.75) is 13.8 Å². The Balaban J connectivity index is 3.69. The molecule has 0 aromatic carbocycles. The van der Waals surface area contributed by atoms with Gasteiger partial charge in [-0.2, -0.15) is 4.89 Å². The van der Waals surface area contributed by atoms with E-state index in [2.05, 4.69) is 14.5 Å². The predicted molar refractivity (Wildman–Crippen MR) is 43.5 cm³/mol. The molecule has 0 aromatic rings. The maximum Gasteiger partial charge on any atom is 0.366 e. The number of carbonyl (C=O) groups is 2. The zero-order valence-electron chi connectivity index (χ0n) is 7.61. The van der Waals surface area contributed by atoms with Gasteiger partial charge in [-0.05, 0) is 13.8 Å². The molecule has 0 amide bonds. The van der Waals surface area contributed by atoms with E-state index in [1.54, 1.807) is 13.8 Å².